The van der Waals surface area contributed by atoms with Crippen molar-refractivity contribution in [3.05, 3.63) is 24.5 Å². The lowest BCUT2D eigenvalue weighted by molar-refractivity contribution is 0.145. The number of hydrogen-bond donors (Lipinski definition) is 1. The molecule has 3 rings (SSSR count). The lowest BCUT2D eigenvalue weighted by Gasteiger charge is -2.31. The van der Waals surface area contributed by atoms with Crippen molar-refractivity contribution in [2.24, 2.45) is 7.05 Å². The maximum Gasteiger partial charge on any atom is 0.112 e. The molecular weight excluding hydrogens is 214 g/mol. The van der Waals surface area contributed by atoms with Crippen LogP contribution in [0.15, 0.2) is 24.5 Å². The number of benzene rings is 1. The van der Waals surface area contributed by atoms with Crippen molar-refractivity contribution in [1.29, 1.82) is 0 Å². The normalized spacial score (nSPS) is 17.9. The third-order valence-corrected chi connectivity index (χ3v) is 3.54. The summed E-state index contributed by atoms with van der Waals surface area (Å²) in [5.74, 6) is 0. The highest BCUT2D eigenvalue weighted by Gasteiger charge is 2.19. The second-order valence-electron chi connectivity index (χ2n) is 4.72. The minimum absolute atomic E-state index is 0.130. The predicted molar refractivity (Wildman–Crippen MR) is 68.2 cm³/mol. The Labute approximate surface area is 100 Å². The van der Waals surface area contributed by atoms with Crippen molar-refractivity contribution in [2.45, 2.75) is 18.9 Å². The first kappa shape index (κ1) is 10.6. The van der Waals surface area contributed by atoms with E-state index in [1.165, 1.54) is 5.69 Å². The molecule has 1 fully saturated rings. The molecule has 0 saturated carbocycles. The summed E-state index contributed by atoms with van der Waals surface area (Å²) in [6.45, 7) is 1.83. The van der Waals surface area contributed by atoms with Gasteiger partial charge in [0, 0.05) is 20.1 Å². The van der Waals surface area contributed by atoms with Crippen LogP contribution in [0, 0.1) is 0 Å². The molecule has 0 spiro atoms. The Bertz CT molecular complexity index is 526. The number of para-hydroxylation sites is 1. The molecule has 4 heteroatoms. The Balaban J connectivity index is 2.00. The summed E-state index contributed by atoms with van der Waals surface area (Å²) < 4.78 is 2.04. The van der Waals surface area contributed by atoms with Crippen molar-refractivity contribution in [1.82, 2.24) is 9.55 Å². The monoisotopic (exact) mass is 231 g/mol. The Hall–Kier alpha value is -1.55. The van der Waals surface area contributed by atoms with Gasteiger partial charge in [0.1, 0.15) is 5.52 Å². The number of rotatable bonds is 1. The summed E-state index contributed by atoms with van der Waals surface area (Å²) in [4.78, 5) is 6.79. The van der Waals surface area contributed by atoms with E-state index < -0.39 is 0 Å². The van der Waals surface area contributed by atoms with Crippen LogP contribution >= 0.6 is 0 Å². The minimum atomic E-state index is -0.130. The first-order valence-electron chi connectivity index (χ1n) is 6.09. The molecule has 2 aromatic rings. The highest BCUT2D eigenvalue weighted by molar-refractivity contribution is 5.89. The zero-order chi connectivity index (χ0) is 11.8. The van der Waals surface area contributed by atoms with Gasteiger partial charge in [0.25, 0.3) is 0 Å². The second kappa shape index (κ2) is 4.04. The molecular formula is C13H17N3O. The van der Waals surface area contributed by atoms with Crippen LogP contribution in [0.4, 0.5) is 5.69 Å². The van der Waals surface area contributed by atoms with E-state index in [0.717, 1.165) is 37.0 Å². The standard InChI is InChI=1S/C13H17N3O/c1-15-9-14-13-11(15)3-2-4-12(13)16-7-5-10(17)6-8-16/h2-4,9-10,17H,5-8H2,1H3. The van der Waals surface area contributed by atoms with Gasteiger partial charge < -0.3 is 14.6 Å². The van der Waals surface area contributed by atoms with E-state index in [0.29, 0.717) is 0 Å². The number of nitrogens with zero attached hydrogens (tertiary/aromatic N) is 3. The van der Waals surface area contributed by atoms with E-state index in [4.69, 9.17) is 0 Å². The molecule has 1 aromatic heterocycles. The Kier molecular flexibility index (Phi) is 2.52. The van der Waals surface area contributed by atoms with Gasteiger partial charge >= 0.3 is 0 Å². The average molecular weight is 231 g/mol. The van der Waals surface area contributed by atoms with E-state index in [2.05, 4.69) is 28.1 Å². The fourth-order valence-electron chi connectivity index (χ4n) is 2.50. The van der Waals surface area contributed by atoms with Crippen molar-refractivity contribution in [3.63, 3.8) is 0 Å². The van der Waals surface area contributed by atoms with Crippen LogP contribution in [0.3, 0.4) is 0 Å². The first-order valence-corrected chi connectivity index (χ1v) is 6.09. The molecule has 0 bridgehead atoms. The fourth-order valence-corrected chi connectivity index (χ4v) is 2.50. The number of aliphatic hydroxyl groups is 1. The summed E-state index contributed by atoms with van der Waals surface area (Å²) in [7, 11) is 2.01. The number of piperidine rings is 1. The maximum atomic E-state index is 9.54. The van der Waals surface area contributed by atoms with E-state index >= 15 is 0 Å². The van der Waals surface area contributed by atoms with Crippen LogP contribution in [-0.4, -0.2) is 33.9 Å². The molecule has 17 heavy (non-hydrogen) atoms. The van der Waals surface area contributed by atoms with Gasteiger partial charge in [0.2, 0.25) is 0 Å². The van der Waals surface area contributed by atoms with Gasteiger partial charge in [-0.2, -0.15) is 0 Å². The van der Waals surface area contributed by atoms with Crippen molar-refractivity contribution < 1.29 is 5.11 Å². The molecule has 1 saturated heterocycles. The van der Waals surface area contributed by atoms with Gasteiger partial charge in [-0.05, 0) is 25.0 Å². The van der Waals surface area contributed by atoms with Crippen LogP contribution in [0.1, 0.15) is 12.8 Å². The molecule has 1 N–H and O–H groups in total. The summed E-state index contributed by atoms with van der Waals surface area (Å²) in [5.41, 5.74) is 3.41. The lowest BCUT2D eigenvalue weighted by Crippen LogP contribution is -2.35. The number of aryl methyl sites for hydroxylation is 1. The maximum absolute atomic E-state index is 9.54. The van der Waals surface area contributed by atoms with E-state index in [-0.39, 0.29) is 6.10 Å². The number of aliphatic hydroxyl groups excluding tert-OH is 1. The second-order valence-corrected chi connectivity index (χ2v) is 4.72. The van der Waals surface area contributed by atoms with E-state index in [9.17, 15) is 5.11 Å². The largest absolute Gasteiger partial charge is 0.393 e. The minimum Gasteiger partial charge on any atom is -0.393 e. The van der Waals surface area contributed by atoms with Gasteiger partial charge in [-0.25, -0.2) is 4.98 Å². The van der Waals surface area contributed by atoms with Crippen LogP contribution < -0.4 is 4.90 Å². The molecule has 90 valence electrons. The molecule has 0 aliphatic carbocycles. The fraction of sp³-hybridized carbons (Fsp3) is 0.462. The third-order valence-electron chi connectivity index (χ3n) is 3.54. The summed E-state index contributed by atoms with van der Waals surface area (Å²) in [5, 5.41) is 9.54. The number of hydrogen-bond acceptors (Lipinski definition) is 3. The Morgan fingerprint density at radius 3 is 2.82 bits per heavy atom. The van der Waals surface area contributed by atoms with Gasteiger partial charge in [0.15, 0.2) is 0 Å². The van der Waals surface area contributed by atoms with Crippen LogP contribution in [0.5, 0.6) is 0 Å². The van der Waals surface area contributed by atoms with E-state index in [1.807, 2.05) is 17.9 Å². The summed E-state index contributed by atoms with van der Waals surface area (Å²) in [6.07, 6.45) is 3.42. The number of fused-ring (bicyclic) bond motifs is 1. The smallest absolute Gasteiger partial charge is 0.112 e. The molecule has 0 unspecified atom stereocenters. The van der Waals surface area contributed by atoms with Crippen molar-refractivity contribution >= 4 is 16.7 Å². The van der Waals surface area contributed by atoms with Gasteiger partial charge in [0.05, 0.1) is 23.6 Å². The third kappa shape index (κ3) is 1.78. The number of anilines is 1. The van der Waals surface area contributed by atoms with Gasteiger partial charge in [-0.1, -0.05) is 6.07 Å². The zero-order valence-electron chi connectivity index (χ0n) is 10.0. The molecule has 0 amide bonds. The number of aromatic nitrogens is 2. The van der Waals surface area contributed by atoms with Gasteiger partial charge in [-0.15, -0.1) is 0 Å². The topological polar surface area (TPSA) is 41.3 Å². The Morgan fingerprint density at radius 2 is 2.06 bits per heavy atom. The molecule has 4 nitrogen and oxygen atoms in total. The average Bonchev–Trinajstić information content (AvgIpc) is 2.73. The number of imidazole rings is 1. The molecule has 1 aromatic carbocycles. The quantitative estimate of drug-likeness (QED) is 0.809. The highest BCUT2D eigenvalue weighted by atomic mass is 16.3. The summed E-state index contributed by atoms with van der Waals surface area (Å²) in [6, 6.07) is 6.28. The first-order chi connectivity index (χ1) is 8.25. The Morgan fingerprint density at radius 1 is 1.29 bits per heavy atom. The molecule has 0 atom stereocenters. The molecule has 2 heterocycles. The highest BCUT2D eigenvalue weighted by Crippen LogP contribution is 2.27. The summed E-state index contributed by atoms with van der Waals surface area (Å²) >= 11 is 0. The van der Waals surface area contributed by atoms with Crippen molar-refractivity contribution in [2.75, 3.05) is 18.0 Å². The van der Waals surface area contributed by atoms with Crippen LogP contribution in [0.25, 0.3) is 11.0 Å². The lowest BCUT2D eigenvalue weighted by atomic mass is 10.1. The molecule has 0 radical (unpaired) electrons. The van der Waals surface area contributed by atoms with Crippen LogP contribution in [0.2, 0.25) is 0 Å². The zero-order valence-corrected chi connectivity index (χ0v) is 10.0. The van der Waals surface area contributed by atoms with Crippen molar-refractivity contribution in [3.8, 4) is 0 Å². The SMILES string of the molecule is Cn1cnc2c(N3CCC(O)CC3)cccc21. The van der Waals surface area contributed by atoms with Gasteiger partial charge in [-0.3, -0.25) is 0 Å². The van der Waals surface area contributed by atoms with E-state index in [1.54, 1.807) is 0 Å². The molecule has 1 aliphatic rings. The van der Waals surface area contributed by atoms with Crippen LogP contribution in [-0.2, 0) is 7.05 Å². The predicted octanol–water partition coefficient (Wildman–Crippen LogP) is 1.53. The molecule has 1 aliphatic heterocycles.